The van der Waals surface area contributed by atoms with Gasteiger partial charge in [0, 0.05) is 6.04 Å². The standard InChI is InChI=1S/C17H27NO2/c1-13-4-9-17(18-2)14(12-13)10-11-20-16-7-5-15(19-3)6-8-16/h5-8,13-14,17-18H,4,9-12H2,1-3H3. The third kappa shape index (κ3) is 4.14. The van der Waals surface area contributed by atoms with Gasteiger partial charge in [0.1, 0.15) is 11.5 Å². The van der Waals surface area contributed by atoms with Crippen molar-refractivity contribution in [2.45, 2.75) is 38.6 Å². The van der Waals surface area contributed by atoms with E-state index < -0.39 is 0 Å². The number of ether oxygens (including phenoxy) is 2. The Kier molecular flexibility index (Phi) is 5.72. The van der Waals surface area contributed by atoms with E-state index in [9.17, 15) is 0 Å². The minimum atomic E-state index is 0.658. The molecule has 20 heavy (non-hydrogen) atoms. The minimum absolute atomic E-state index is 0.658. The van der Waals surface area contributed by atoms with Crippen LogP contribution in [0.5, 0.6) is 11.5 Å². The first-order chi connectivity index (χ1) is 9.72. The van der Waals surface area contributed by atoms with Gasteiger partial charge in [-0.2, -0.15) is 0 Å². The molecule has 1 aliphatic carbocycles. The Bertz CT molecular complexity index is 390. The van der Waals surface area contributed by atoms with Crippen molar-refractivity contribution >= 4 is 0 Å². The van der Waals surface area contributed by atoms with Crippen molar-refractivity contribution in [1.82, 2.24) is 5.32 Å². The number of hydrogen-bond acceptors (Lipinski definition) is 3. The van der Waals surface area contributed by atoms with Crippen LogP contribution < -0.4 is 14.8 Å². The second kappa shape index (κ2) is 7.53. The summed E-state index contributed by atoms with van der Waals surface area (Å²) in [5.74, 6) is 3.39. The number of nitrogens with one attached hydrogen (secondary N) is 1. The molecule has 0 bridgehead atoms. The van der Waals surface area contributed by atoms with E-state index >= 15 is 0 Å². The van der Waals surface area contributed by atoms with Gasteiger partial charge < -0.3 is 14.8 Å². The molecule has 0 spiro atoms. The summed E-state index contributed by atoms with van der Waals surface area (Å²) >= 11 is 0. The van der Waals surface area contributed by atoms with Crippen LogP contribution in [0, 0.1) is 11.8 Å². The van der Waals surface area contributed by atoms with Crippen molar-refractivity contribution in [3.05, 3.63) is 24.3 Å². The molecule has 0 aromatic heterocycles. The fourth-order valence-electron chi connectivity index (χ4n) is 3.20. The van der Waals surface area contributed by atoms with E-state index in [2.05, 4.69) is 19.3 Å². The zero-order valence-corrected chi connectivity index (χ0v) is 12.9. The molecule has 3 heteroatoms. The van der Waals surface area contributed by atoms with Crippen molar-refractivity contribution in [2.24, 2.45) is 11.8 Å². The van der Waals surface area contributed by atoms with Crippen LogP contribution >= 0.6 is 0 Å². The van der Waals surface area contributed by atoms with E-state index in [0.717, 1.165) is 36.4 Å². The summed E-state index contributed by atoms with van der Waals surface area (Å²) in [5.41, 5.74) is 0. The van der Waals surface area contributed by atoms with Crippen LogP contribution in [0.15, 0.2) is 24.3 Å². The van der Waals surface area contributed by atoms with E-state index in [-0.39, 0.29) is 0 Å². The molecule has 3 nitrogen and oxygen atoms in total. The van der Waals surface area contributed by atoms with Gasteiger partial charge in [0.15, 0.2) is 0 Å². The molecule has 3 atom stereocenters. The average Bonchev–Trinajstić information content (AvgIpc) is 2.48. The Balaban J connectivity index is 1.78. The summed E-state index contributed by atoms with van der Waals surface area (Å²) in [7, 11) is 3.76. The van der Waals surface area contributed by atoms with Gasteiger partial charge in [-0.1, -0.05) is 6.92 Å². The molecule has 0 saturated heterocycles. The van der Waals surface area contributed by atoms with Crippen LogP contribution in [0.1, 0.15) is 32.6 Å². The summed E-state index contributed by atoms with van der Waals surface area (Å²) in [6.07, 6.45) is 5.09. The quantitative estimate of drug-likeness (QED) is 0.863. The minimum Gasteiger partial charge on any atom is -0.497 e. The number of methoxy groups -OCH3 is 1. The summed E-state index contributed by atoms with van der Waals surface area (Å²) in [4.78, 5) is 0. The van der Waals surface area contributed by atoms with Gasteiger partial charge in [0.2, 0.25) is 0 Å². The Morgan fingerprint density at radius 1 is 1.15 bits per heavy atom. The predicted molar refractivity (Wildman–Crippen MR) is 82.5 cm³/mol. The molecule has 1 N–H and O–H groups in total. The second-order valence-corrected chi connectivity index (χ2v) is 5.89. The first-order valence-electron chi connectivity index (χ1n) is 7.67. The highest BCUT2D eigenvalue weighted by molar-refractivity contribution is 5.31. The van der Waals surface area contributed by atoms with Crippen LogP contribution in [0.4, 0.5) is 0 Å². The van der Waals surface area contributed by atoms with E-state index in [1.54, 1.807) is 7.11 Å². The topological polar surface area (TPSA) is 30.5 Å². The molecular weight excluding hydrogens is 250 g/mol. The van der Waals surface area contributed by atoms with Gasteiger partial charge in [-0.05, 0) is 68.8 Å². The van der Waals surface area contributed by atoms with Gasteiger partial charge in [-0.15, -0.1) is 0 Å². The molecule has 0 radical (unpaired) electrons. The predicted octanol–water partition coefficient (Wildman–Crippen LogP) is 3.49. The SMILES string of the molecule is CNC1CCC(C)CC1CCOc1ccc(OC)cc1. The van der Waals surface area contributed by atoms with Crippen LogP contribution in [-0.4, -0.2) is 26.8 Å². The van der Waals surface area contributed by atoms with Crippen LogP contribution in [0.25, 0.3) is 0 Å². The zero-order valence-electron chi connectivity index (χ0n) is 12.9. The Morgan fingerprint density at radius 2 is 1.85 bits per heavy atom. The molecule has 3 unspecified atom stereocenters. The van der Waals surface area contributed by atoms with Crippen molar-refractivity contribution in [3.8, 4) is 11.5 Å². The van der Waals surface area contributed by atoms with Crippen molar-refractivity contribution < 1.29 is 9.47 Å². The molecule has 0 heterocycles. The molecule has 1 aromatic carbocycles. The maximum atomic E-state index is 5.85. The van der Waals surface area contributed by atoms with Crippen molar-refractivity contribution in [3.63, 3.8) is 0 Å². The van der Waals surface area contributed by atoms with Crippen molar-refractivity contribution in [1.29, 1.82) is 0 Å². The highest BCUT2D eigenvalue weighted by atomic mass is 16.5. The highest BCUT2D eigenvalue weighted by Crippen LogP contribution is 2.31. The summed E-state index contributed by atoms with van der Waals surface area (Å²) < 4.78 is 11.0. The molecular formula is C17H27NO2. The maximum absolute atomic E-state index is 5.85. The van der Waals surface area contributed by atoms with Gasteiger partial charge in [-0.25, -0.2) is 0 Å². The lowest BCUT2D eigenvalue weighted by atomic mass is 9.77. The molecule has 2 rings (SSSR count). The average molecular weight is 277 g/mol. The third-order valence-electron chi connectivity index (χ3n) is 4.43. The Hall–Kier alpha value is -1.22. The molecule has 1 saturated carbocycles. The van der Waals surface area contributed by atoms with Crippen LogP contribution in [-0.2, 0) is 0 Å². The van der Waals surface area contributed by atoms with Crippen molar-refractivity contribution in [2.75, 3.05) is 20.8 Å². The Labute approximate surface area is 122 Å². The summed E-state index contributed by atoms with van der Waals surface area (Å²) in [6.45, 7) is 3.16. The highest BCUT2D eigenvalue weighted by Gasteiger charge is 2.27. The third-order valence-corrected chi connectivity index (χ3v) is 4.43. The zero-order chi connectivity index (χ0) is 14.4. The molecule has 0 aliphatic heterocycles. The van der Waals surface area contributed by atoms with E-state index in [4.69, 9.17) is 9.47 Å². The molecule has 1 aromatic rings. The largest absolute Gasteiger partial charge is 0.497 e. The van der Waals surface area contributed by atoms with Gasteiger partial charge in [0.25, 0.3) is 0 Å². The van der Waals surface area contributed by atoms with Gasteiger partial charge in [-0.3, -0.25) is 0 Å². The number of benzene rings is 1. The fourth-order valence-corrected chi connectivity index (χ4v) is 3.20. The maximum Gasteiger partial charge on any atom is 0.119 e. The first-order valence-corrected chi connectivity index (χ1v) is 7.67. The van der Waals surface area contributed by atoms with Gasteiger partial charge >= 0.3 is 0 Å². The van der Waals surface area contributed by atoms with Gasteiger partial charge in [0.05, 0.1) is 13.7 Å². The molecule has 112 valence electrons. The Morgan fingerprint density at radius 3 is 2.50 bits per heavy atom. The lowest BCUT2D eigenvalue weighted by Crippen LogP contribution is -2.38. The fraction of sp³-hybridized carbons (Fsp3) is 0.647. The number of hydrogen-bond donors (Lipinski definition) is 1. The van der Waals surface area contributed by atoms with E-state index in [1.165, 1.54) is 19.3 Å². The van der Waals surface area contributed by atoms with Crippen LogP contribution in [0.3, 0.4) is 0 Å². The number of rotatable bonds is 6. The van der Waals surface area contributed by atoms with Crippen LogP contribution in [0.2, 0.25) is 0 Å². The monoisotopic (exact) mass is 277 g/mol. The first kappa shape index (κ1) is 15.2. The summed E-state index contributed by atoms with van der Waals surface area (Å²) in [5, 5.41) is 3.47. The molecule has 1 fully saturated rings. The smallest absolute Gasteiger partial charge is 0.119 e. The second-order valence-electron chi connectivity index (χ2n) is 5.89. The molecule has 1 aliphatic rings. The normalized spacial score (nSPS) is 26.2. The lowest BCUT2D eigenvalue weighted by molar-refractivity contribution is 0.179. The van der Waals surface area contributed by atoms with E-state index in [1.807, 2.05) is 24.3 Å². The van der Waals surface area contributed by atoms with E-state index in [0.29, 0.717) is 6.04 Å². The lowest BCUT2D eigenvalue weighted by Gasteiger charge is -2.34. The summed E-state index contributed by atoms with van der Waals surface area (Å²) in [6, 6.07) is 8.48. The molecule has 0 amide bonds.